The molecule has 2 aromatic carbocycles. The van der Waals surface area contributed by atoms with Crippen molar-refractivity contribution in [3.63, 3.8) is 0 Å². The Morgan fingerprint density at radius 1 is 1.09 bits per heavy atom. The molecule has 2 aromatic rings. The van der Waals surface area contributed by atoms with Crippen molar-refractivity contribution in [2.75, 3.05) is 5.32 Å². The summed E-state index contributed by atoms with van der Waals surface area (Å²) in [4.78, 5) is 23.6. The Hall–Kier alpha value is -2.62. The van der Waals surface area contributed by atoms with Crippen molar-refractivity contribution >= 4 is 17.5 Å². The van der Waals surface area contributed by atoms with Crippen molar-refractivity contribution in [3.05, 3.63) is 65.2 Å². The summed E-state index contributed by atoms with van der Waals surface area (Å²) in [6.07, 6.45) is 0.806. The minimum Gasteiger partial charge on any atom is -0.345 e. The van der Waals surface area contributed by atoms with Gasteiger partial charge >= 0.3 is 0 Å². The molecule has 0 saturated heterocycles. The lowest BCUT2D eigenvalue weighted by molar-refractivity contribution is -0.114. The third-order valence-corrected chi connectivity index (χ3v) is 3.64. The van der Waals surface area contributed by atoms with E-state index in [1.807, 2.05) is 38.1 Å². The van der Waals surface area contributed by atoms with Crippen LogP contribution in [0.5, 0.6) is 0 Å². The van der Waals surface area contributed by atoms with E-state index in [0.29, 0.717) is 11.3 Å². The van der Waals surface area contributed by atoms with E-state index in [1.165, 1.54) is 12.5 Å². The number of anilines is 1. The van der Waals surface area contributed by atoms with Crippen molar-refractivity contribution < 1.29 is 9.59 Å². The molecule has 2 N–H and O–H groups in total. The number of carbonyl (C=O) groups excluding carboxylic acids is 2. The van der Waals surface area contributed by atoms with Gasteiger partial charge in [-0.2, -0.15) is 0 Å². The highest BCUT2D eigenvalue weighted by Crippen LogP contribution is 2.18. The number of nitrogens with one attached hydrogen (secondary N) is 2. The van der Waals surface area contributed by atoms with Gasteiger partial charge in [-0.25, -0.2) is 0 Å². The van der Waals surface area contributed by atoms with Gasteiger partial charge in [-0.1, -0.05) is 42.8 Å². The van der Waals surface area contributed by atoms with Gasteiger partial charge in [0.25, 0.3) is 5.91 Å². The Labute approximate surface area is 136 Å². The highest BCUT2D eigenvalue weighted by molar-refractivity contribution is 5.97. The Kier molecular flexibility index (Phi) is 5.52. The van der Waals surface area contributed by atoms with Crippen LogP contribution in [0.3, 0.4) is 0 Å². The van der Waals surface area contributed by atoms with Gasteiger partial charge in [0.2, 0.25) is 5.91 Å². The zero-order valence-electron chi connectivity index (χ0n) is 13.7. The zero-order valence-corrected chi connectivity index (χ0v) is 13.7. The topological polar surface area (TPSA) is 58.2 Å². The summed E-state index contributed by atoms with van der Waals surface area (Å²) < 4.78 is 0. The molecule has 0 fully saturated rings. The molecule has 4 nitrogen and oxygen atoms in total. The maximum Gasteiger partial charge on any atom is 0.251 e. The van der Waals surface area contributed by atoms with E-state index in [0.717, 1.165) is 12.0 Å². The third-order valence-electron chi connectivity index (χ3n) is 3.64. The fourth-order valence-electron chi connectivity index (χ4n) is 2.40. The Morgan fingerprint density at radius 3 is 2.39 bits per heavy atom. The van der Waals surface area contributed by atoms with Gasteiger partial charge in [-0.3, -0.25) is 9.59 Å². The summed E-state index contributed by atoms with van der Waals surface area (Å²) >= 11 is 0. The van der Waals surface area contributed by atoms with Gasteiger partial charge in [0, 0.05) is 18.2 Å². The summed E-state index contributed by atoms with van der Waals surface area (Å²) in [7, 11) is 0. The van der Waals surface area contributed by atoms with Gasteiger partial charge in [0.15, 0.2) is 0 Å². The average Bonchev–Trinajstić information content (AvgIpc) is 2.53. The number of hydrogen-bond acceptors (Lipinski definition) is 2. The maximum atomic E-state index is 12.5. The maximum absolute atomic E-state index is 12.5. The molecule has 2 rings (SSSR count). The van der Waals surface area contributed by atoms with E-state index in [9.17, 15) is 9.59 Å². The smallest absolute Gasteiger partial charge is 0.251 e. The molecule has 0 spiro atoms. The molecular formula is C19H22N2O2. The lowest BCUT2D eigenvalue weighted by atomic mass is 10.0. The number of aryl methyl sites for hydroxylation is 1. The lowest BCUT2D eigenvalue weighted by Gasteiger charge is -2.18. The van der Waals surface area contributed by atoms with Gasteiger partial charge in [0.05, 0.1) is 6.04 Å². The minimum absolute atomic E-state index is 0.0347. The number of benzene rings is 2. The van der Waals surface area contributed by atoms with E-state index in [1.54, 1.807) is 24.3 Å². The second-order valence-electron chi connectivity index (χ2n) is 5.61. The van der Waals surface area contributed by atoms with Crippen LogP contribution in [0.15, 0.2) is 48.5 Å². The molecule has 0 aromatic heterocycles. The van der Waals surface area contributed by atoms with Gasteiger partial charge < -0.3 is 10.6 Å². The largest absolute Gasteiger partial charge is 0.345 e. The summed E-state index contributed by atoms with van der Waals surface area (Å²) in [5, 5.41) is 5.73. The summed E-state index contributed by atoms with van der Waals surface area (Å²) in [6, 6.07) is 15.1. The molecule has 4 heteroatoms. The Morgan fingerprint density at radius 2 is 1.78 bits per heavy atom. The average molecular weight is 310 g/mol. The molecule has 0 saturated carbocycles. The quantitative estimate of drug-likeness (QED) is 0.881. The standard InChI is InChI=1S/C19H22N2O2/c1-4-18(15-10-8-13(2)9-11-15)21-19(23)16-6-5-7-17(12-16)20-14(3)22/h5-12,18H,4H2,1-3H3,(H,20,22)(H,21,23). The van der Waals surface area contributed by atoms with Crippen LogP contribution < -0.4 is 10.6 Å². The molecule has 23 heavy (non-hydrogen) atoms. The fraction of sp³-hybridized carbons (Fsp3) is 0.263. The highest BCUT2D eigenvalue weighted by Gasteiger charge is 2.14. The van der Waals surface area contributed by atoms with Crippen LogP contribution in [-0.4, -0.2) is 11.8 Å². The summed E-state index contributed by atoms with van der Waals surface area (Å²) in [5.41, 5.74) is 3.43. The first-order valence-corrected chi connectivity index (χ1v) is 7.74. The lowest BCUT2D eigenvalue weighted by Crippen LogP contribution is -2.28. The first-order chi connectivity index (χ1) is 11.0. The van der Waals surface area contributed by atoms with Crippen LogP contribution in [0, 0.1) is 6.92 Å². The summed E-state index contributed by atoms with van der Waals surface area (Å²) in [6.45, 7) is 5.52. The van der Waals surface area contributed by atoms with Crippen molar-refractivity contribution in [2.45, 2.75) is 33.2 Å². The molecule has 0 bridgehead atoms. The van der Waals surface area contributed by atoms with Gasteiger partial charge in [-0.05, 0) is 37.1 Å². The van der Waals surface area contributed by atoms with Crippen molar-refractivity contribution in [1.82, 2.24) is 5.32 Å². The molecule has 120 valence electrons. The first kappa shape index (κ1) is 16.7. The van der Waals surface area contributed by atoms with E-state index in [2.05, 4.69) is 10.6 Å². The second kappa shape index (κ2) is 7.58. The van der Waals surface area contributed by atoms with Gasteiger partial charge in [0.1, 0.15) is 0 Å². The molecule has 0 aliphatic carbocycles. The molecular weight excluding hydrogens is 288 g/mol. The van der Waals surface area contributed by atoms with Crippen LogP contribution in [-0.2, 0) is 4.79 Å². The number of carbonyl (C=O) groups is 2. The molecule has 1 unspecified atom stereocenters. The fourth-order valence-corrected chi connectivity index (χ4v) is 2.40. The molecule has 0 aliphatic heterocycles. The van der Waals surface area contributed by atoms with Crippen molar-refractivity contribution in [2.24, 2.45) is 0 Å². The molecule has 0 aliphatic rings. The number of amides is 2. The third kappa shape index (κ3) is 4.68. The van der Waals surface area contributed by atoms with Crippen molar-refractivity contribution in [1.29, 1.82) is 0 Å². The summed E-state index contributed by atoms with van der Waals surface area (Å²) in [5.74, 6) is -0.307. The van der Waals surface area contributed by atoms with Crippen molar-refractivity contribution in [3.8, 4) is 0 Å². The number of rotatable bonds is 5. The van der Waals surface area contributed by atoms with E-state index in [-0.39, 0.29) is 17.9 Å². The zero-order chi connectivity index (χ0) is 16.8. The van der Waals surface area contributed by atoms with E-state index >= 15 is 0 Å². The monoisotopic (exact) mass is 310 g/mol. The predicted molar refractivity (Wildman–Crippen MR) is 92.4 cm³/mol. The SMILES string of the molecule is CCC(NC(=O)c1cccc(NC(C)=O)c1)c1ccc(C)cc1. The molecule has 0 heterocycles. The van der Waals surface area contributed by atoms with E-state index in [4.69, 9.17) is 0 Å². The Bertz CT molecular complexity index is 693. The van der Waals surface area contributed by atoms with Crippen LogP contribution in [0.4, 0.5) is 5.69 Å². The highest BCUT2D eigenvalue weighted by atomic mass is 16.2. The number of hydrogen-bond donors (Lipinski definition) is 2. The first-order valence-electron chi connectivity index (χ1n) is 7.74. The normalized spacial score (nSPS) is 11.6. The predicted octanol–water partition coefficient (Wildman–Crippen LogP) is 3.83. The van der Waals surface area contributed by atoms with Crippen LogP contribution in [0.1, 0.15) is 47.8 Å². The second-order valence-corrected chi connectivity index (χ2v) is 5.61. The van der Waals surface area contributed by atoms with Gasteiger partial charge in [-0.15, -0.1) is 0 Å². The van der Waals surface area contributed by atoms with E-state index < -0.39 is 0 Å². The van der Waals surface area contributed by atoms with Crippen LogP contribution >= 0.6 is 0 Å². The molecule has 1 atom stereocenters. The molecule has 2 amide bonds. The minimum atomic E-state index is -0.159. The molecule has 0 radical (unpaired) electrons. The van der Waals surface area contributed by atoms with Crippen LogP contribution in [0.25, 0.3) is 0 Å². The Balaban J connectivity index is 2.13. The van der Waals surface area contributed by atoms with Crippen LogP contribution in [0.2, 0.25) is 0 Å².